The van der Waals surface area contributed by atoms with Crippen molar-refractivity contribution in [1.82, 2.24) is 106 Å². The maximum absolute atomic E-state index is 13.1. The van der Waals surface area contributed by atoms with E-state index in [-0.39, 0.29) is 158 Å². The third kappa shape index (κ3) is 21.6. The van der Waals surface area contributed by atoms with Crippen LogP contribution < -0.4 is 58.7 Å². The summed E-state index contributed by atoms with van der Waals surface area (Å²) in [5, 5.41) is 43.0. The summed E-state index contributed by atoms with van der Waals surface area (Å²) in [6, 6.07) is 22.4. The zero-order chi connectivity index (χ0) is 101. The molecule has 41 nitrogen and oxygen atoms in total. The Balaban J connectivity index is 0.000000114. The van der Waals surface area contributed by atoms with E-state index in [4.69, 9.17) is 48.9 Å². The minimum Gasteiger partial charge on any atom is -0.496 e. The second kappa shape index (κ2) is 41.7. The van der Waals surface area contributed by atoms with Crippen LogP contribution in [0, 0.1) is 98.6 Å². The number of H-pyrrole nitrogens is 2. The molecule has 0 aromatic carbocycles. The average Bonchev–Trinajstić information content (AvgIpc) is 1.13. The number of pyridine rings is 4. The first-order chi connectivity index (χ1) is 70.9. The van der Waals surface area contributed by atoms with Gasteiger partial charge < -0.3 is 68.4 Å². The molecule has 17 aliphatic rings. The Morgan fingerprint density at radius 1 is 0.473 bits per heavy atom. The molecule has 10 aromatic rings. The lowest BCUT2D eigenvalue weighted by Gasteiger charge is -2.61. The second-order valence-corrected chi connectivity index (χ2v) is 42.8. The predicted molar refractivity (Wildman–Crippen MR) is 528 cm³/mol. The fraction of sp³-hybridized carbons (Fsp3) is 0.581. The van der Waals surface area contributed by atoms with Crippen molar-refractivity contribution in [2.24, 2.45) is 64.6 Å². The average molecular weight is 1980 g/mol. The fourth-order valence-corrected chi connectivity index (χ4v) is 22.8. The molecule has 0 spiro atoms. The lowest BCUT2D eigenvalue weighted by Crippen LogP contribution is -2.68. The number of hydrogen-bond donors (Lipinski definition) is 4. The highest BCUT2D eigenvalue weighted by atomic mass is 16.5. The van der Waals surface area contributed by atoms with Gasteiger partial charge in [-0.3, -0.25) is 33.9 Å². The van der Waals surface area contributed by atoms with Crippen molar-refractivity contribution >= 4 is 80.8 Å². The zero-order valence-electron chi connectivity index (χ0n) is 83.2. The van der Waals surface area contributed by atoms with Crippen LogP contribution in [0.4, 0.5) is 23.8 Å². The number of aromatic amines is 2. The third-order valence-corrected chi connectivity index (χ3v) is 32.3. The van der Waals surface area contributed by atoms with Crippen LogP contribution in [0.1, 0.15) is 291 Å². The number of methoxy groups -OCH3 is 3. The molecule has 0 radical (unpaired) electrons. The molecular formula is C105H122N28O13. The molecule has 41 heteroatoms. The molecular weight excluding hydrogens is 1860 g/mol. The molecule has 760 valence electrons. The Morgan fingerprint density at radius 3 is 1.30 bits per heavy atom. The van der Waals surface area contributed by atoms with Crippen LogP contribution >= 0.6 is 0 Å². The lowest BCUT2D eigenvalue weighted by molar-refractivity contribution is -0.103. The number of ether oxygens (including phenoxy) is 7. The van der Waals surface area contributed by atoms with Crippen LogP contribution in [0.25, 0.3) is 22.1 Å². The summed E-state index contributed by atoms with van der Waals surface area (Å²) in [6.07, 6.45) is 28.5. The van der Waals surface area contributed by atoms with Gasteiger partial charge >= 0.3 is 24.0 Å². The highest BCUT2D eigenvalue weighted by Gasteiger charge is 2.60. The van der Waals surface area contributed by atoms with E-state index < -0.39 is 0 Å². The summed E-state index contributed by atoms with van der Waals surface area (Å²) < 4.78 is 39.8. The molecule has 17 fully saturated rings. The van der Waals surface area contributed by atoms with Crippen molar-refractivity contribution in [3.8, 4) is 53.7 Å². The van der Waals surface area contributed by atoms with Crippen LogP contribution in [-0.2, 0) is 4.74 Å². The van der Waals surface area contributed by atoms with Gasteiger partial charge in [-0.15, -0.1) is 0 Å². The summed E-state index contributed by atoms with van der Waals surface area (Å²) in [4.78, 5) is 159. The number of carbonyl (C=O) groups is 6. The number of aromatic nitrogens is 19. The summed E-state index contributed by atoms with van der Waals surface area (Å²) >= 11 is 0. The van der Waals surface area contributed by atoms with Crippen molar-refractivity contribution in [2.75, 3.05) is 120 Å². The fourth-order valence-electron chi connectivity index (χ4n) is 22.8. The predicted octanol–water partition coefficient (Wildman–Crippen LogP) is 12.7. The Morgan fingerprint density at radius 2 is 0.890 bits per heavy atom. The van der Waals surface area contributed by atoms with Gasteiger partial charge in [0.05, 0.1) is 93.1 Å². The zero-order valence-corrected chi connectivity index (χ0v) is 83.2. The standard InChI is InChI=1S/C27H30N8O3.C27H30N6O3.C26H30N6O3.C25H32N8O4/c1-37-20-2-5-29-22-21(20)19(13-30-22)16-3-6-35(7-4-16)25-31-23(24(36)34-27-9-15(10-27)11-27)32-26(33-25)38-14-18-8-17(18)12-28;1-16(34)21-3-2-4-22(29-21)18-5-7-33(8-6-18)25-30-24(23(35)13-27-10-17(11-27)12-27)31-26(32-25)36-15-20-9-19(20)14-28;1-16(33)21-6-3-7-22(28-21)18-8-10-32(11-9-18)25-29-24(23(34)12-17-4-2-5-17)30-26(31-25)35-15-20-13-19(20)14-27;1-14(13-35-2)37-24-28-21(22(34)30-25-10-15(11-25)12-25)27-23(29-24)33-8-5-16(6-9-33)19-18-17(36-3)4-7-26-20(18)32-31-19/h2,5,13,15-18H,3-4,6-11,14H2,1H3,(H,29,30)(H,34,36);2-4,17-20H,5-13,15H2,1H3;3,6-7,17-20H,2,4-5,8-13,15H2,1H3;4,7,14-16H,5-6,8-13H2,1-3H3,(H,30,34)(H,26,31,32)/t15?,17-,18+,27?;17?,19-,20+,27?;19-,20+;14-,15?,25?/m0001/s1. The highest BCUT2D eigenvalue weighted by Crippen LogP contribution is 2.66. The Hall–Kier alpha value is -14.3. The van der Waals surface area contributed by atoms with E-state index >= 15 is 0 Å². The largest absolute Gasteiger partial charge is 0.496 e. The van der Waals surface area contributed by atoms with Gasteiger partial charge in [0.1, 0.15) is 34.6 Å². The number of piperidine rings is 4. The molecule has 4 aliphatic heterocycles. The molecule has 4 N–H and O–H groups in total. The van der Waals surface area contributed by atoms with E-state index in [1.165, 1.54) is 25.8 Å². The van der Waals surface area contributed by atoms with Crippen molar-refractivity contribution < 1.29 is 61.9 Å². The quantitative estimate of drug-likeness (QED) is 0.0268. The molecule has 13 saturated carbocycles. The van der Waals surface area contributed by atoms with Gasteiger partial charge in [-0.1, -0.05) is 18.6 Å². The summed E-state index contributed by atoms with van der Waals surface area (Å²) in [7, 11) is 4.95. The maximum Gasteiger partial charge on any atom is 0.322 e. The second-order valence-electron chi connectivity index (χ2n) is 42.8. The van der Waals surface area contributed by atoms with Crippen molar-refractivity contribution in [3.63, 3.8) is 0 Å². The van der Waals surface area contributed by atoms with Gasteiger partial charge in [0.25, 0.3) is 11.8 Å². The number of nitrogens with one attached hydrogen (secondary N) is 4. The first-order valence-corrected chi connectivity index (χ1v) is 51.7. The number of ketones is 4. The summed E-state index contributed by atoms with van der Waals surface area (Å²) in [5.74, 6) is 7.76. The number of amides is 2. The molecule has 146 heavy (non-hydrogen) atoms. The number of fused-ring (bicyclic) bond motifs is 2. The van der Waals surface area contributed by atoms with Gasteiger partial charge in [-0.2, -0.15) is 80.7 Å². The van der Waals surface area contributed by atoms with Crippen LogP contribution in [0.15, 0.2) is 67.1 Å². The number of hydrogen-bond acceptors (Lipinski definition) is 37. The number of anilines is 4. The number of Topliss-reactive ketones (excluding diaryl/α,β-unsaturated/α-hetero) is 4. The van der Waals surface area contributed by atoms with Gasteiger partial charge in [0.2, 0.25) is 58.7 Å². The summed E-state index contributed by atoms with van der Waals surface area (Å²) in [5.41, 5.74) is 6.61. The van der Waals surface area contributed by atoms with E-state index in [2.05, 4.69) is 143 Å². The molecule has 27 rings (SSSR count). The number of nitrogens with zero attached hydrogens (tertiary/aromatic N) is 24. The SMILES string of the molecule is CC(=O)c1cccc(C2CCN(c3nc(OC[C@H]4C[C@H]4C#N)nc(C(=O)CC45CC(C4)C5)n3)CC2)n1.CC(=O)c1cccc(C2CCN(c3nc(OC[C@H]4C[C@H]4C#N)nc(C(=O)CC4CCC4)n3)CC2)n1.COC[C@@H](C)Oc1nc(C(=O)NC23CC(C2)C3)nc(N2CCC(c3[nH]nc4nccc(OC)c34)CC2)n1.COc1ccnc2[nH]cc(C3CCN(c4nc(OC[C@H]5C[C@H]5C#N)nc(C(=O)NC56CC(C5)C6)n4)CC3)c12. The van der Waals surface area contributed by atoms with Gasteiger partial charge in [-0.25, -0.2) is 19.9 Å². The molecule has 14 heterocycles. The van der Waals surface area contributed by atoms with Crippen molar-refractivity contribution in [3.05, 3.63) is 124 Å². The van der Waals surface area contributed by atoms with E-state index in [9.17, 15) is 28.8 Å². The van der Waals surface area contributed by atoms with Gasteiger partial charge in [-0.05, 0) is 225 Å². The Labute approximate surface area is 844 Å². The van der Waals surface area contributed by atoms with E-state index in [0.717, 1.165) is 217 Å². The van der Waals surface area contributed by atoms with E-state index in [0.29, 0.717) is 131 Å². The Bertz CT molecular complexity index is 6670. The first-order valence-electron chi connectivity index (χ1n) is 51.7. The lowest BCUT2D eigenvalue weighted by atomic mass is 9.43. The molecule has 13 aliphatic carbocycles. The molecule has 0 unspecified atom stereocenters. The maximum atomic E-state index is 13.1. The molecule has 4 saturated heterocycles. The van der Waals surface area contributed by atoms with Gasteiger partial charge in [0, 0.05) is 163 Å². The first kappa shape index (κ1) is 97.8. The molecule has 10 aromatic heterocycles. The number of nitriles is 3. The van der Waals surface area contributed by atoms with Crippen LogP contribution in [-0.4, -0.2) is 247 Å². The van der Waals surface area contributed by atoms with Crippen LogP contribution in [0.5, 0.6) is 35.5 Å². The van der Waals surface area contributed by atoms with Crippen molar-refractivity contribution in [2.45, 2.75) is 222 Å². The highest BCUT2D eigenvalue weighted by molar-refractivity contribution is 5.96. The van der Waals surface area contributed by atoms with E-state index in [1.807, 2.05) is 49.5 Å². The Kier molecular flexibility index (Phi) is 27.9. The smallest absolute Gasteiger partial charge is 0.322 e. The molecule has 6 bridgehead atoms. The normalized spacial score (nSPS) is 25.6. The third-order valence-electron chi connectivity index (χ3n) is 32.3. The summed E-state index contributed by atoms with van der Waals surface area (Å²) in [6.45, 7) is 12.1. The monoisotopic (exact) mass is 1980 g/mol. The molecule has 7 atom stereocenters. The van der Waals surface area contributed by atoms with Crippen LogP contribution in [0.3, 0.4) is 0 Å². The number of rotatable bonds is 35. The van der Waals surface area contributed by atoms with Crippen LogP contribution in [0.2, 0.25) is 0 Å². The topological polar surface area (TPSA) is 526 Å². The minimum atomic E-state index is -0.274. The molecule has 2 amide bonds. The van der Waals surface area contributed by atoms with Crippen molar-refractivity contribution in [1.29, 1.82) is 15.8 Å². The minimum absolute atomic E-state index is 0.0284. The number of carbonyl (C=O) groups excluding carboxylic acids is 6. The van der Waals surface area contributed by atoms with E-state index in [1.54, 1.807) is 45.9 Å². The van der Waals surface area contributed by atoms with Gasteiger partial charge in [0.15, 0.2) is 17.2 Å².